The first-order valence-electron chi connectivity index (χ1n) is 10.6. The number of rotatable bonds is 6. The fourth-order valence-corrected chi connectivity index (χ4v) is 4.44. The van der Waals surface area contributed by atoms with Crippen molar-refractivity contribution >= 4 is 51.7 Å². The van der Waals surface area contributed by atoms with Crippen molar-refractivity contribution in [1.82, 2.24) is 10.3 Å². The molecule has 0 spiro atoms. The van der Waals surface area contributed by atoms with E-state index in [2.05, 4.69) is 38.2 Å². The van der Waals surface area contributed by atoms with Crippen LogP contribution in [0.1, 0.15) is 39.2 Å². The van der Waals surface area contributed by atoms with Gasteiger partial charge in [0.25, 0.3) is 11.8 Å². The van der Waals surface area contributed by atoms with Gasteiger partial charge in [-0.1, -0.05) is 48.0 Å². The van der Waals surface area contributed by atoms with Gasteiger partial charge in [-0.15, -0.1) is 0 Å². The van der Waals surface area contributed by atoms with Crippen LogP contribution in [0.15, 0.2) is 91.1 Å². The second-order valence-corrected chi connectivity index (χ2v) is 9.23. The number of pyridine rings is 1. The number of nitrogens with one attached hydrogen (secondary N) is 2. The maximum atomic E-state index is 12.9. The van der Waals surface area contributed by atoms with Crippen LogP contribution in [0, 0.1) is 3.57 Å². The Morgan fingerprint density at radius 1 is 0.912 bits per heavy atom. The fourth-order valence-electron chi connectivity index (χ4n) is 3.47. The number of aromatic nitrogens is 1. The minimum absolute atomic E-state index is 0.132. The van der Waals surface area contributed by atoms with Gasteiger partial charge in [-0.2, -0.15) is 0 Å². The largest absolute Gasteiger partial charge is 0.346 e. The summed E-state index contributed by atoms with van der Waals surface area (Å²) in [5, 5.41) is 6.45. The van der Waals surface area contributed by atoms with Crippen molar-refractivity contribution < 1.29 is 9.59 Å². The third-order valence-electron chi connectivity index (χ3n) is 5.29. The van der Waals surface area contributed by atoms with E-state index in [1.807, 2.05) is 55.5 Å². The quantitative estimate of drug-likeness (QED) is 0.248. The van der Waals surface area contributed by atoms with Gasteiger partial charge < -0.3 is 10.6 Å². The monoisotopic (exact) mass is 581 g/mol. The molecule has 0 aliphatic carbocycles. The first-order valence-corrected chi connectivity index (χ1v) is 12.1. The summed E-state index contributed by atoms with van der Waals surface area (Å²) >= 11 is 8.41. The van der Waals surface area contributed by atoms with E-state index in [9.17, 15) is 9.59 Å². The van der Waals surface area contributed by atoms with Crippen molar-refractivity contribution in [3.8, 4) is 11.3 Å². The minimum Gasteiger partial charge on any atom is -0.346 e. The van der Waals surface area contributed by atoms with Crippen molar-refractivity contribution in [2.45, 2.75) is 13.0 Å². The van der Waals surface area contributed by atoms with E-state index in [4.69, 9.17) is 11.6 Å². The predicted molar refractivity (Wildman–Crippen MR) is 144 cm³/mol. The molecule has 2 N–H and O–H groups in total. The van der Waals surface area contributed by atoms with Gasteiger partial charge in [0.2, 0.25) is 0 Å². The average Bonchev–Trinajstić information content (AvgIpc) is 2.86. The van der Waals surface area contributed by atoms with Crippen LogP contribution in [0.3, 0.4) is 0 Å². The molecule has 34 heavy (non-hydrogen) atoms. The Morgan fingerprint density at radius 3 is 2.38 bits per heavy atom. The van der Waals surface area contributed by atoms with Crippen LogP contribution in [0.25, 0.3) is 11.3 Å². The van der Waals surface area contributed by atoms with E-state index >= 15 is 0 Å². The Balaban J connectivity index is 1.48. The lowest BCUT2D eigenvalue weighted by Gasteiger charge is -2.15. The molecule has 1 unspecified atom stereocenters. The molecule has 0 saturated carbocycles. The molecule has 1 aromatic heterocycles. The molecule has 0 radical (unpaired) electrons. The van der Waals surface area contributed by atoms with E-state index in [0.29, 0.717) is 25.4 Å². The molecular weight excluding hydrogens is 561 g/mol. The van der Waals surface area contributed by atoms with Gasteiger partial charge in [-0.25, -0.2) is 0 Å². The zero-order chi connectivity index (χ0) is 24.1. The zero-order valence-corrected chi connectivity index (χ0v) is 21.2. The molecule has 0 aliphatic rings. The summed E-state index contributed by atoms with van der Waals surface area (Å²) in [6.07, 6.45) is 1.69. The Hall–Kier alpha value is -3.23. The summed E-state index contributed by atoms with van der Waals surface area (Å²) in [6, 6.07) is 25.5. The maximum Gasteiger partial charge on any atom is 0.256 e. The van der Waals surface area contributed by atoms with Crippen LogP contribution in [0.5, 0.6) is 0 Å². The van der Waals surface area contributed by atoms with Crippen molar-refractivity contribution in [3.63, 3.8) is 0 Å². The fraction of sp³-hybridized carbons (Fsp3) is 0.0741. The van der Waals surface area contributed by atoms with E-state index in [1.165, 1.54) is 0 Å². The van der Waals surface area contributed by atoms with Gasteiger partial charge >= 0.3 is 0 Å². The molecule has 0 bridgehead atoms. The van der Waals surface area contributed by atoms with Gasteiger partial charge in [-0.05, 0) is 83.6 Å². The third-order valence-corrected chi connectivity index (χ3v) is 6.51. The van der Waals surface area contributed by atoms with Gasteiger partial charge in [0.05, 0.1) is 22.3 Å². The second kappa shape index (κ2) is 10.8. The number of hydrogen-bond donors (Lipinski definition) is 2. The molecule has 2 amide bonds. The lowest BCUT2D eigenvalue weighted by Crippen LogP contribution is -2.27. The summed E-state index contributed by atoms with van der Waals surface area (Å²) in [5.74, 6) is -0.470. The molecule has 1 heterocycles. The SMILES string of the molecule is CC(NC(=O)c1ccc(C(=O)Nc2ccc(Cl)c(-c3ccccn3)c2)c(I)c1)c1ccccc1. The molecule has 0 fully saturated rings. The van der Waals surface area contributed by atoms with Crippen molar-refractivity contribution in [3.05, 3.63) is 116 Å². The Labute approximate surface area is 216 Å². The number of halogens is 2. The molecule has 5 nitrogen and oxygen atoms in total. The minimum atomic E-state index is -0.275. The number of amides is 2. The van der Waals surface area contributed by atoms with Gasteiger partial charge in [-0.3, -0.25) is 14.6 Å². The van der Waals surface area contributed by atoms with Crippen molar-refractivity contribution in [1.29, 1.82) is 0 Å². The van der Waals surface area contributed by atoms with Crippen LogP contribution in [-0.2, 0) is 0 Å². The second-order valence-electron chi connectivity index (χ2n) is 7.66. The van der Waals surface area contributed by atoms with Crippen LogP contribution < -0.4 is 10.6 Å². The van der Waals surface area contributed by atoms with E-state index in [1.54, 1.807) is 42.6 Å². The van der Waals surface area contributed by atoms with Gasteiger partial charge in [0.1, 0.15) is 0 Å². The van der Waals surface area contributed by atoms with Gasteiger partial charge in [0.15, 0.2) is 0 Å². The number of hydrogen-bond acceptors (Lipinski definition) is 3. The van der Waals surface area contributed by atoms with E-state index in [0.717, 1.165) is 16.8 Å². The Bertz CT molecular complexity index is 1330. The summed E-state index contributed by atoms with van der Waals surface area (Å²) in [7, 11) is 0. The zero-order valence-electron chi connectivity index (χ0n) is 18.3. The number of anilines is 1. The van der Waals surface area contributed by atoms with Crippen LogP contribution in [-0.4, -0.2) is 16.8 Å². The summed E-state index contributed by atoms with van der Waals surface area (Å²) in [4.78, 5) is 30.0. The highest BCUT2D eigenvalue weighted by Gasteiger charge is 2.16. The summed E-state index contributed by atoms with van der Waals surface area (Å²) in [6.45, 7) is 1.94. The first kappa shape index (κ1) is 23.9. The highest BCUT2D eigenvalue weighted by Crippen LogP contribution is 2.29. The molecule has 4 rings (SSSR count). The predicted octanol–water partition coefficient (Wildman–Crippen LogP) is 6.75. The van der Waals surface area contributed by atoms with E-state index < -0.39 is 0 Å². The van der Waals surface area contributed by atoms with Crippen molar-refractivity contribution in [2.24, 2.45) is 0 Å². The number of nitrogens with zero attached hydrogens (tertiary/aromatic N) is 1. The highest BCUT2D eigenvalue weighted by molar-refractivity contribution is 14.1. The van der Waals surface area contributed by atoms with Crippen LogP contribution >= 0.6 is 34.2 Å². The summed E-state index contributed by atoms with van der Waals surface area (Å²) in [5.41, 5.74) is 4.04. The van der Waals surface area contributed by atoms with Crippen molar-refractivity contribution in [2.75, 3.05) is 5.32 Å². The number of benzene rings is 3. The number of carbonyl (C=O) groups is 2. The number of carbonyl (C=O) groups excluding carboxylic acids is 2. The lowest BCUT2D eigenvalue weighted by molar-refractivity contribution is 0.0938. The highest BCUT2D eigenvalue weighted by atomic mass is 127. The molecule has 170 valence electrons. The molecule has 1 atom stereocenters. The molecule has 4 aromatic rings. The van der Waals surface area contributed by atoms with Crippen LogP contribution in [0.2, 0.25) is 5.02 Å². The molecule has 0 aliphatic heterocycles. The van der Waals surface area contributed by atoms with Gasteiger partial charge in [0, 0.05) is 26.6 Å². The first-order chi connectivity index (χ1) is 16.4. The smallest absolute Gasteiger partial charge is 0.256 e. The normalized spacial score (nSPS) is 11.5. The topological polar surface area (TPSA) is 71.1 Å². The Morgan fingerprint density at radius 2 is 1.68 bits per heavy atom. The molecular formula is C27H21ClIN3O2. The molecule has 7 heteroatoms. The molecule has 3 aromatic carbocycles. The Kier molecular flexibility index (Phi) is 7.59. The lowest BCUT2D eigenvalue weighted by atomic mass is 10.1. The summed E-state index contributed by atoms with van der Waals surface area (Å²) < 4.78 is 0.675. The molecule has 0 saturated heterocycles. The standard InChI is InChI=1S/C27H21ClIN3O2/c1-17(18-7-3-2-4-8-18)31-26(33)19-10-12-21(24(29)15-19)27(34)32-20-11-13-23(28)22(16-20)25-9-5-6-14-30-25/h2-17H,1H3,(H,31,33)(H,32,34). The van der Waals surface area contributed by atoms with E-state index in [-0.39, 0.29) is 17.9 Å². The van der Waals surface area contributed by atoms with Crippen LogP contribution in [0.4, 0.5) is 5.69 Å². The third kappa shape index (κ3) is 5.63. The average molecular weight is 582 g/mol. The maximum absolute atomic E-state index is 12.9.